The molecule has 4 heteroatoms. The second kappa shape index (κ2) is 5.65. The molecule has 108 valence electrons. The summed E-state index contributed by atoms with van der Waals surface area (Å²) in [5.74, 6) is 1.68. The molecule has 0 spiro atoms. The van der Waals surface area contributed by atoms with E-state index in [1.165, 1.54) is 0 Å². The van der Waals surface area contributed by atoms with Crippen LogP contribution < -0.4 is 10.2 Å². The van der Waals surface area contributed by atoms with Crippen LogP contribution in [0.1, 0.15) is 34.1 Å². The summed E-state index contributed by atoms with van der Waals surface area (Å²) in [5, 5.41) is 4.31. The molecule has 0 saturated carbocycles. The molecule has 20 heavy (non-hydrogen) atoms. The number of fused-ring (bicyclic) bond motifs is 1. The molecule has 0 radical (unpaired) electrons. The van der Waals surface area contributed by atoms with Crippen LogP contribution in [0.3, 0.4) is 0 Å². The summed E-state index contributed by atoms with van der Waals surface area (Å²) < 4.78 is 0. The molecule has 1 heterocycles. The summed E-state index contributed by atoms with van der Waals surface area (Å²) in [6.07, 6.45) is 1.05. The van der Waals surface area contributed by atoms with Gasteiger partial charge >= 0.3 is 0 Å². The predicted molar refractivity (Wildman–Crippen MR) is 86.5 cm³/mol. The lowest BCUT2D eigenvalue weighted by Gasteiger charge is -2.36. The van der Waals surface area contributed by atoms with Crippen LogP contribution in [0.15, 0.2) is 24.3 Å². The standard InChI is InChI=1S/C16H24N4/c1-6-16(3,4)20(5)14-12-10-8-9-11-13(12)18-15(19-14)17-7-2/h8-11H,6-7H2,1-5H3,(H,17,18,19). The highest BCUT2D eigenvalue weighted by atomic mass is 15.2. The van der Waals surface area contributed by atoms with E-state index in [1.807, 2.05) is 18.2 Å². The molecular formula is C16H24N4. The maximum atomic E-state index is 4.71. The van der Waals surface area contributed by atoms with Gasteiger partial charge in [0.15, 0.2) is 0 Å². The molecular weight excluding hydrogens is 248 g/mol. The lowest BCUT2D eigenvalue weighted by molar-refractivity contribution is 0.468. The highest BCUT2D eigenvalue weighted by molar-refractivity contribution is 5.90. The molecule has 1 aromatic carbocycles. The van der Waals surface area contributed by atoms with E-state index in [4.69, 9.17) is 4.98 Å². The first kappa shape index (κ1) is 14.6. The zero-order chi connectivity index (χ0) is 14.8. The van der Waals surface area contributed by atoms with Gasteiger partial charge in [-0.3, -0.25) is 0 Å². The molecule has 0 unspecified atom stereocenters. The normalized spacial score (nSPS) is 11.7. The molecule has 0 saturated heterocycles. The quantitative estimate of drug-likeness (QED) is 0.901. The van der Waals surface area contributed by atoms with Gasteiger partial charge < -0.3 is 10.2 Å². The van der Waals surface area contributed by atoms with Gasteiger partial charge in [0.25, 0.3) is 0 Å². The van der Waals surface area contributed by atoms with Gasteiger partial charge in [-0.15, -0.1) is 0 Å². The van der Waals surface area contributed by atoms with Crippen molar-refractivity contribution in [1.82, 2.24) is 9.97 Å². The molecule has 0 atom stereocenters. The molecule has 1 aromatic heterocycles. The van der Waals surface area contributed by atoms with Crippen molar-refractivity contribution in [3.63, 3.8) is 0 Å². The average molecular weight is 272 g/mol. The first-order chi connectivity index (χ1) is 9.49. The molecule has 2 aromatic rings. The van der Waals surface area contributed by atoms with E-state index in [1.54, 1.807) is 0 Å². The minimum Gasteiger partial charge on any atom is -0.354 e. The van der Waals surface area contributed by atoms with Crippen molar-refractivity contribution in [2.75, 3.05) is 23.8 Å². The van der Waals surface area contributed by atoms with E-state index in [2.05, 4.69) is 56.0 Å². The molecule has 0 aliphatic heterocycles. The highest BCUT2D eigenvalue weighted by Crippen LogP contribution is 2.30. The second-order valence-corrected chi connectivity index (χ2v) is 5.64. The number of rotatable bonds is 5. The van der Waals surface area contributed by atoms with Gasteiger partial charge in [0.05, 0.1) is 5.52 Å². The Balaban J connectivity index is 2.60. The summed E-state index contributed by atoms with van der Waals surface area (Å²) in [5.41, 5.74) is 1.04. The number of hydrogen-bond donors (Lipinski definition) is 1. The lowest BCUT2D eigenvalue weighted by Crippen LogP contribution is -2.41. The Morgan fingerprint density at radius 2 is 1.85 bits per heavy atom. The summed E-state index contributed by atoms with van der Waals surface area (Å²) in [6.45, 7) is 9.54. The molecule has 1 N–H and O–H groups in total. The Morgan fingerprint density at radius 1 is 1.15 bits per heavy atom. The molecule has 0 aliphatic carbocycles. The van der Waals surface area contributed by atoms with Crippen LogP contribution in [0.5, 0.6) is 0 Å². The van der Waals surface area contributed by atoms with Crippen LogP contribution in [0.2, 0.25) is 0 Å². The monoisotopic (exact) mass is 272 g/mol. The molecule has 0 bridgehead atoms. The SMILES string of the molecule is CCNc1nc(N(C)C(C)(C)CC)c2ccccc2n1. The first-order valence-electron chi connectivity index (χ1n) is 7.24. The molecule has 0 aliphatic rings. The van der Waals surface area contributed by atoms with Crippen LogP contribution >= 0.6 is 0 Å². The first-order valence-corrected chi connectivity index (χ1v) is 7.24. The molecule has 4 nitrogen and oxygen atoms in total. The fourth-order valence-electron chi connectivity index (χ4n) is 2.08. The van der Waals surface area contributed by atoms with Gasteiger partial charge in [-0.05, 0) is 39.3 Å². The van der Waals surface area contributed by atoms with Gasteiger partial charge in [0.2, 0.25) is 5.95 Å². The van der Waals surface area contributed by atoms with E-state index in [9.17, 15) is 0 Å². The number of anilines is 2. The molecule has 0 fully saturated rings. The Morgan fingerprint density at radius 3 is 2.50 bits per heavy atom. The van der Waals surface area contributed by atoms with Crippen molar-refractivity contribution in [3.8, 4) is 0 Å². The van der Waals surface area contributed by atoms with Gasteiger partial charge in [-0.1, -0.05) is 19.1 Å². The van der Waals surface area contributed by atoms with E-state index < -0.39 is 0 Å². The number of aromatic nitrogens is 2. The third-order valence-corrected chi connectivity index (χ3v) is 4.01. The number of nitrogens with one attached hydrogen (secondary N) is 1. The predicted octanol–water partition coefficient (Wildman–Crippen LogP) is 3.69. The van der Waals surface area contributed by atoms with Crippen molar-refractivity contribution in [2.45, 2.75) is 39.7 Å². The van der Waals surface area contributed by atoms with E-state index in [0.717, 1.165) is 29.7 Å². The van der Waals surface area contributed by atoms with Crippen LogP contribution in [-0.2, 0) is 0 Å². The van der Waals surface area contributed by atoms with Crippen molar-refractivity contribution < 1.29 is 0 Å². The number of para-hydroxylation sites is 1. The van der Waals surface area contributed by atoms with Crippen LogP contribution in [0.4, 0.5) is 11.8 Å². The van der Waals surface area contributed by atoms with E-state index in [-0.39, 0.29) is 5.54 Å². The highest BCUT2D eigenvalue weighted by Gasteiger charge is 2.24. The number of benzene rings is 1. The summed E-state index contributed by atoms with van der Waals surface area (Å²) in [6, 6.07) is 8.17. The fourth-order valence-corrected chi connectivity index (χ4v) is 2.08. The van der Waals surface area contributed by atoms with E-state index >= 15 is 0 Å². The zero-order valence-corrected chi connectivity index (χ0v) is 13.1. The van der Waals surface area contributed by atoms with E-state index in [0.29, 0.717) is 5.95 Å². The van der Waals surface area contributed by atoms with Gasteiger partial charge in [-0.25, -0.2) is 4.98 Å². The van der Waals surface area contributed by atoms with Gasteiger partial charge in [0.1, 0.15) is 5.82 Å². The Bertz CT molecular complexity index is 592. The van der Waals surface area contributed by atoms with Crippen molar-refractivity contribution in [2.24, 2.45) is 0 Å². The van der Waals surface area contributed by atoms with Crippen molar-refractivity contribution in [1.29, 1.82) is 0 Å². The molecule has 0 amide bonds. The van der Waals surface area contributed by atoms with Crippen molar-refractivity contribution >= 4 is 22.7 Å². The van der Waals surface area contributed by atoms with Gasteiger partial charge in [-0.2, -0.15) is 4.98 Å². The third kappa shape index (κ3) is 2.69. The fraction of sp³-hybridized carbons (Fsp3) is 0.500. The number of hydrogen-bond acceptors (Lipinski definition) is 4. The maximum Gasteiger partial charge on any atom is 0.225 e. The Labute approximate surface area is 121 Å². The number of nitrogens with zero attached hydrogens (tertiary/aromatic N) is 3. The topological polar surface area (TPSA) is 41.1 Å². The summed E-state index contributed by atoms with van der Waals surface area (Å²) in [4.78, 5) is 11.5. The second-order valence-electron chi connectivity index (χ2n) is 5.64. The summed E-state index contributed by atoms with van der Waals surface area (Å²) >= 11 is 0. The Kier molecular flexibility index (Phi) is 4.12. The van der Waals surface area contributed by atoms with Crippen molar-refractivity contribution in [3.05, 3.63) is 24.3 Å². The minimum atomic E-state index is 0.0562. The largest absolute Gasteiger partial charge is 0.354 e. The Hall–Kier alpha value is -1.84. The zero-order valence-electron chi connectivity index (χ0n) is 13.1. The maximum absolute atomic E-state index is 4.71. The van der Waals surface area contributed by atoms with Crippen LogP contribution in [-0.4, -0.2) is 29.1 Å². The minimum absolute atomic E-state index is 0.0562. The smallest absolute Gasteiger partial charge is 0.225 e. The summed E-state index contributed by atoms with van der Waals surface area (Å²) in [7, 11) is 2.11. The third-order valence-electron chi connectivity index (χ3n) is 4.01. The van der Waals surface area contributed by atoms with Gasteiger partial charge in [0, 0.05) is 24.5 Å². The molecule has 2 rings (SSSR count). The van der Waals surface area contributed by atoms with Crippen LogP contribution in [0, 0.1) is 0 Å². The van der Waals surface area contributed by atoms with Crippen LogP contribution in [0.25, 0.3) is 10.9 Å². The average Bonchev–Trinajstić information content (AvgIpc) is 2.46. The lowest BCUT2D eigenvalue weighted by atomic mass is 9.99.